The van der Waals surface area contributed by atoms with Gasteiger partial charge in [-0.2, -0.15) is 0 Å². The van der Waals surface area contributed by atoms with Crippen molar-refractivity contribution in [3.63, 3.8) is 0 Å². The monoisotopic (exact) mass is 400 g/mol. The van der Waals surface area contributed by atoms with E-state index in [-0.39, 0.29) is 16.7 Å². The van der Waals surface area contributed by atoms with Crippen LogP contribution >= 0.6 is 23.1 Å². The molecule has 0 saturated carbocycles. The molecule has 0 aliphatic carbocycles. The van der Waals surface area contributed by atoms with Gasteiger partial charge in [-0.3, -0.25) is 9.89 Å². The van der Waals surface area contributed by atoms with Crippen molar-refractivity contribution in [3.8, 4) is 10.7 Å². The van der Waals surface area contributed by atoms with E-state index in [0.29, 0.717) is 11.7 Å². The SMILES string of the molecule is C[C@@H](Sc1n[nH]c(-c2cccs2)n1)C(=O)N(Cc1ccccc1)C(C)(C)C. The van der Waals surface area contributed by atoms with Crippen molar-refractivity contribution >= 4 is 29.0 Å². The summed E-state index contributed by atoms with van der Waals surface area (Å²) in [5.74, 6) is 0.822. The zero-order chi connectivity index (χ0) is 19.4. The summed E-state index contributed by atoms with van der Waals surface area (Å²) in [4.78, 5) is 20.7. The molecule has 1 atom stereocenters. The molecule has 3 rings (SSSR count). The molecule has 5 nitrogen and oxygen atoms in total. The van der Waals surface area contributed by atoms with Gasteiger partial charge in [0.05, 0.1) is 10.1 Å². The van der Waals surface area contributed by atoms with E-state index in [1.807, 2.05) is 59.7 Å². The molecule has 7 heteroatoms. The molecule has 27 heavy (non-hydrogen) atoms. The molecule has 3 aromatic rings. The first-order valence-corrected chi connectivity index (χ1v) is 10.6. The first-order chi connectivity index (χ1) is 12.8. The highest BCUT2D eigenvalue weighted by molar-refractivity contribution is 8.00. The number of hydrogen-bond donors (Lipinski definition) is 1. The van der Waals surface area contributed by atoms with E-state index in [4.69, 9.17) is 0 Å². The Morgan fingerprint density at radius 2 is 1.96 bits per heavy atom. The van der Waals surface area contributed by atoms with Crippen molar-refractivity contribution in [2.45, 2.75) is 50.2 Å². The molecule has 0 aliphatic heterocycles. The lowest BCUT2D eigenvalue weighted by Crippen LogP contribution is -2.48. The second-order valence-electron chi connectivity index (χ2n) is 7.28. The van der Waals surface area contributed by atoms with Gasteiger partial charge in [0.2, 0.25) is 11.1 Å². The summed E-state index contributed by atoms with van der Waals surface area (Å²) in [5, 5.41) is 9.53. The lowest BCUT2D eigenvalue weighted by molar-refractivity contribution is -0.135. The van der Waals surface area contributed by atoms with Gasteiger partial charge in [0.15, 0.2) is 5.82 Å². The highest BCUT2D eigenvalue weighted by Crippen LogP contribution is 2.28. The number of H-pyrrole nitrogens is 1. The average Bonchev–Trinajstić information content (AvgIpc) is 3.30. The van der Waals surface area contributed by atoms with Crippen molar-refractivity contribution in [2.24, 2.45) is 0 Å². The van der Waals surface area contributed by atoms with Crippen molar-refractivity contribution in [1.29, 1.82) is 0 Å². The second kappa shape index (κ2) is 8.27. The zero-order valence-electron chi connectivity index (χ0n) is 16.0. The van der Waals surface area contributed by atoms with Crippen LogP contribution in [0.1, 0.15) is 33.3 Å². The number of aromatic nitrogens is 3. The molecule has 0 radical (unpaired) electrons. The summed E-state index contributed by atoms with van der Waals surface area (Å²) in [6.07, 6.45) is 0. The standard InChI is InChI=1S/C20H24N4OS2/c1-14(27-19-21-17(22-23-19)16-11-8-12-26-16)18(25)24(20(2,3)4)13-15-9-6-5-7-10-15/h5-12,14H,13H2,1-4H3,(H,21,22,23)/t14-/m1/s1. The molecule has 1 N–H and O–H groups in total. The number of carbonyl (C=O) groups is 1. The zero-order valence-corrected chi connectivity index (χ0v) is 17.6. The smallest absolute Gasteiger partial charge is 0.236 e. The number of carbonyl (C=O) groups excluding carboxylic acids is 1. The summed E-state index contributed by atoms with van der Waals surface area (Å²) in [7, 11) is 0. The van der Waals surface area contributed by atoms with Crippen LogP contribution < -0.4 is 0 Å². The topological polar surface area (TPSA) is 61.9 Å². The maximum Gasteiger partial charge on any atom is 0.236 e. The quantitative estimate of drug-likeness (QED) is 0.601. The predicted molar refractivity (Wildman–Crippen MR) is 112 cm³/mol. The Balaban J connectivity index is 1.71. The minimum Gasteiger partial charge on any atom is -0.333 e. The van der Waals surface area contributed by atoms with Crippen molar-refractivity contribution < 1.29 is 4.79 Å². The summed E-state index contributed by atoms with van der Waals surface area (Å²) in [6.45, 7) is 8.69. The van der Waals surface area contributed by atoms with E-state index in [9.17, 15) is 4.79 Å². The Labute approximate surface area is 168 Å². The minimum absolute atomic E-state index is 0.0822. The summed E-state index contributed by atoms with van der Waals surface area (Å²) < 4.78 is 0. The largest absolute Gasteiger partial charge is 0.333 e. The molecule has 0 bridgehead atoms. The molecule has 1 aromatic carbocycles. The van der Waals surface area contributed by atoms with Gasteiger partial charge in [-0.05, 0) is 44.7 Å². The minimum atomic E-state index is -0.278. The van der Waals surface area contributed by atoms with Crippen molar-refractivity contribution in [3.05, 3.63) is 53.4 Å². The van der Waals surface area contributed by atoms with E-state index in [1.54, 1.807) is 11.3 Å². The van der Waals surface area contributed by atoms with E-state index < -0.39 is 0 Å². The van der Waals surface area contributed by atoms with Crippen LogP contribution in [0.25, 0.3) is 10.7 Å². The molecule has 0 unspecified atom stereocenters. The normalized spacial score (nSPS) is 12.7. The Morgan fingerprint density at radius 3 is 2.59 bits per heavy atom. The number of rotatable bonds is 6. The molecular weight excluding hydrogens is 376 g/mol. The number of hydrogen-bond acceptors (Lipinski definition) is 5. The van der Waals surface area contributed by atoms with Crippen LogP contribution in [-0.2, 0) is 11.3 Å². The maximum atomic E-state index is 13.2. The third kappa shape index (κ3) is 4.99. The van der Waals surface area contributed by atoms with E-state index >= 15 is 0 Å². The predicted octanol–water partition coefficient (Wildman–Crippen LogP) is 4.84. The van der Waals surface area contributed by atoms with Crippen LogP contribution in [0.4, 0.5) is 0 Å². The molecule has 0 saturated heterocycles. The van der Waals surface area contributed by atoms with Gasteiger partial charge in [-0.25, -0.2) is 4.98 Å². The second-order valence-corrected chi connectivity index (χ2v) is 9.54. The summed E-state index contributed by atoms with van der Waals surface area (Å²) in [5.41, 5.74) is 0.846. The molecular formula is C20H24N4OS2. The van der Waals surface area contributed by atoms with Crippen LogP contribution in [0, 0.1) is 0 Å². The van der Waals surface area contributed by atoms with Gasteiger partial charge in [0.1, 0.15) is 0 Å². The van der Waals surface area contributed by atoms with Crippen LogP contribution in [0.5, 0.6) is 0 Å². The maximum absolute atomic E-state index is 13.2. The lowest BCUT2D eigenvalue weighted by atomic mass is 10.0. The fraction of sp³-hybridized carbons (Fsp3) is 0.350. The molecule has 2 heterocycles. The Morgan fingerprint density at radius 1 is 1.22 bits per heavy atom. The van der Waals surface area contributed by atoms with Gasteiger partial charge in [0.25, 0.3) is 0 Å². The highest BCUT2D eigenvalue weighted by Gasteiger charge is 2.31. The van der Waals surface area contributed by atoms with Crippen LogP contribution in [-0.4, -0.2) is 36.8 Å². The number of nitrogens with zero attached hydrogens (tertiary/aromatic N) is 3. The van der Waals surface area contributed by atoms with Gasteiger partial charge in [0, 0.05) is 12.1 Å². The Hall–Kier alpha value is -2.12. The van der Waals surface area contributed by atoms with Gasteiger partial charge < -0.3 is 4.90 Å². The van der Waals surface area contributed by atoms with Crippen LogP contribution in [0.3, 0.4) is 0 Å². The van der Waals surface area contributed by atoms with Gasteiger partial charge in [-0.15, -0.1) is 16.4 Å². The molecule has 1 amide bonds. The number of nitrogens with one attached hydrogen (secondary N) is 1. The van der Waals surface area contributed by atoms with E-state index in [1.165, 1.54) is 11.8 Å². The van der Waals surface area contributed by atoms with Crippen molar-refractivity contribution in [2.75, 3.05) is 0 Å². The fourth-order valence-corrected chi connectivity index (χ4v) is 4.11. The third-order valence-corrected chi connectivity index (χ3v) is 5.93. The first kappa shape index (κ1) is 19.6. The molecule has 0 aliphatic rings. The average molecular weight is 401 g/mol. The fourth-order valence-electron chi connectivity index (χ4n) is 2.66. The van der Waals surface area contributed by atoms with Crippen LogP contribution in [0.2, 0.25) is 0 Å². The van der Waals surface area contributed by atoms with Gasteiger partial charge >= 0.3 is 0 Å². The molecule has 2 aromatic heterocycles. The number of thiophene rings is 1. The van der Waals surface area contributed by atoms with E-state index in [0.717, 1.165) is 16.3 Å². The summed E-state index contributed by atoms with van der Waals surface area (Å²) in [6, 6.07) is 14.1. The molecule has 0 fully saturated rings. The van der Waals surface area contributed by atoms with E-state index in [2.05, 4.69) is 36.0 Å². The number of amides is 1. The first-order valence-electron chi connectivity index (χ1n) is 8.83. The Kier molecular flexibility index (Phi) is 6.01. The van der Waals surface area contributed by atoms with Crippen molar-refractivity contribution in [1.82, 2.24) is 20.1 Å². The highest BCUT2D eigenvalue weighted by atomic mass is 32.2. The van der Waals surface area contributed by atoms with Crippen LogP contribution in [0.15, 0.2) is 53.0 Å². The molecule has 0 spiro atoms. The Bertz CT molecular complexity index is 869. The lowest BCUT2D eigenvalue weighted by Gasteiger charge is -2.37. The van der Waals surface area contributed by atoms with Gasteiger partial charge in [-0.1, -0.05) is 48.2 Å². The molecule has 142 valence electrons. The summed E-state index contributed by atoms with van der Waals surface area (Å²) >= 11 is 2.99. The number of benzene rings is 1. The number of thioether (sulfide) groups is 1. The third-order valence-electron chi connectivity index (χ3n) is 4.11. The number of aromatic amines is 1.